The lowest BCUT2D eigenvalue weighted by molar-refractivity contribution is 0.0528. The molecular formula is C19H16N4O3. The van der Waals surface area contributed by atoms with Gasteiger partial charge < -0.3 is 15.0 Å². The number of H-pyrrole nitrogens is 1. The number of pyridine rings is 1. The Balaban J connectivity index is 1.62. The molecule has 0 aliphatic carbocycles. The Bertz CT molecular complexity index is 1130. The van der Waals surface area contributed by atoms with E-state index in [0.717, 1.165) is 10.9 Å². The Morgan fingerprint density at radius 1 is 1.23 bits per heavy atom. The van der Waals surface area contributed by atoms with Crippen LogP contribution in [0.15, 0.2) is 55.0 Å². The van der Waals surface area contributed by atoms with Gasteiger partial charge in [0.15, 0.2) is 0 Å². The number of carbonyl (C=O) groups excluding carboxylic acids is 2. The van der Waals surface area contributed by atoms with E-state index in [1.807, 2.05) is 18.3 Å². The van der Waals surface area contributed by atoms with E-state index in [9.17, 15) is 9.59 Å². The molecule has 3 heterocycles. The van der Waals surface area contributed by atoms with Crippen molar-refractivity contribution in [1.29, 1.82) is 0 Å². The van der Waals surface area contributed by atoms with Crippen LogP contribution in [0.5, 0.6) is 0 Å². The van der Waals surface area contributed by atoms with Crippen molar-refractivity contribution in [2.24, 2.45) is 0 Å². The highest BCUT2D eigenvalue weighted by Crippen LogP contribution is 2.19. The van der Waals surface area contributed by atoms with Crippen LogP contribution >= 0.6 is 0 Å². The van der Waals surface area contributed by atoms with E-state index in [4.69, 9.17) is 4.74 Å². The summed E-state index contributed by atoms with van der Waals surface area (Å²) in [4.78, 5) is 27.6. The number of aromatic amines is 1. The molecule has 1 aromatic carbocycles. The van der Waals surface area contributed by atoms with Crippen LogP contribution in [0.3, 0.4) is 0 Å². The van der Waals surface area contributed by atoms with Gasteiger partial charge in [0, 0.05) is 29.2 Å². The largest absolute Gasteiger partial charge is 0.462 e. The number of rotatable bonds is 4. The SMILES string of the molecule is CCOC(=O)c1cnn2ccc(NC(=O)c3ccc4cc[nH]c4c3)cc12. The zero-order chi connectivity index (χ0) is 18.1. The molecule has 0 radical (unpaired) electrons. The second-order valence-electron chi connectivity index (χ2n) is 5.76. The second kappa shape index (κ2) is 6.36. The Hall–Kier alpha value is -3.61. The summed E-state index contributed by atoms with van der Waals surface area (Å²) in [6, 6.07) is 10.8. The van der Waals surface area contributed by atoms with Crippen molar-refractivity contribution in [3.63, 3.8) is 0 Å². The van der Waals surface area contributed by atoms with E-state index in [-0.39, 0.29) is 12.5 Å². The molecular weight excluding hydrogens is 332 g/mol. The molecule has 7 heteroatoms. The minimum absolute atomic E-state index is 0.233. The van der Waals surface area contributed by atoms with Crippen LogP contribution in [0.4, 0.5) is 5.69 Å². The number of nitrogens with zero attached hydrogens (tertiary/aromatic N) is 2. The Morgan fingerprint density at radius 3 is 2.96 bits per heavy atom. The number of hydrogen-bond acceptors (Lipinski definition) is 4. The van der Waals surface area contributed by atoms with Crippen LogP contribution < -0.4 is 5.32 Å². The average molecular weight is 348 g/mol. The van der Waals surface area contributed by atoms with Gasteiger partial charge in [-0.3, -0.25) is 4.79 Å². The van der Waals surface area contributed by atoms with Crippen molar-refractivity contribution in [2.45, 2.75) is 6.92 Å². The minimum atomic E-state index is -0.442. The first-order valence-corrected chi connectivity index (χ1v) is 8.18. The molecule has 2 N–H and O–H groups in total. The average Bonchev–Trinajstić information content (AvgIpc) is 3.27. The van der Waals surface area contributed by atoms with Gasteiger partial charge in [-0.05, 0) is 42.6 Å². The standard InChI is InChI=1S/C19H16N4O3/c1-2-26-19(25)15-11-21-23-8-6-14(10-17(15)23)22-18(24)13-4-3-12-5-7-20-16(12)9-13/h3-11,20H,2H2,1H3,(H,22,24). The number of fused-ring (bicyclic) bond motifs is 2. The van der Waals surface area contributed by atoms with E-state index in [0.29, 0.717) is 22.3 Å². The number of hydrogen-bond donors (Lipinski definition) is 2. The maximum atomic E-state index is 12.5. The normalized spacial score (nSPS) is 11.0. The smallest absolute Gasteiger partial charge is 0.341 e. The first-order chi connectivity index (χ1) is 12.7. The highest BCUT2D eigenvalue weighted by atomic mass is 16.5. The molecule has 0 spiro atoms. The Labute approximate surface area is 148 Å². The Kier molecular flexibility index (Phi) is 3.89. The molecule has 0 fully saturated rings. The fourth-order valence-electron chi connectivity index (χ4n) is 2.82. The van der Waals surface area contributed by atoms with Crippen molar-refractivity contribution < 1.29 is 14.3 Å². The summed E-state index contributed by atoms with van der Waals surface area (Å²) in [5.41, 5.74) is 2.93. The van der Waals surface area contributed by atoms with Crippen LogP contribution in [0, 0.1) is 0 Å². The number of aromatic nitrogens is 3. The summed E-state index contributed by atoms with van der Waals surface area (Å²) in [6.07, 6.45) is 4.97. The Morgan fingerprint density at radius 2 is 2.12 bits per heavy atom. The van der Waals surface area contributed by atoms with Gasteiger partial charge >= 0.3 is 5.97 Å². The van der Waals surface area contributed by atoms with Crippen molar-refractivity contribution in [3.8, 4) is 0 Å². The highest BCUT2D eigenvalue weighted by molar-refractivity contribution is 6.06. The third-order valence-corrected chi connectivity index (χ3v) is 4.09. The minimum Gasteiger partial charge on any atom is -0.462 e. The van der Waals surface area contributed by atoms with E-state index >= 15 is 0 Å². The summed E-state index contributed by atoms with van der Waals surface area (Å²) in [5, 5.41) is 8.02. The van der Waals surface area contributed by atoms with Crippen molar-refractivity contribution in [1.82, 2.24) is 14.6 Å². The monoisotopic (exact) mass is 348 g/mol. The van der Waals surface area contributed by atoms with E-state index in [1.54, 1.807) is 41.9 Å². The molecule has 130 valence electrons. The van der Waals surface area contributed by atoms with Gasteiger partial charge in [0.2, 0.25) is 0 Å². The van der Waals surface area contributed by atoms with Crippen molar-refractivity contribution in [2.75, 3.05) is 11.9 Å². The first kappa shape index (κ1) is 15.9. The fraction of sp³-hybridized carbons (Fsp3) is 0.105. The summed E-state index contributed by atoms with van der Waals surface area (Å²) in [7, 11) is 0. The maximum absolute atomic E-state index is 12.5. The molecule has 0 aliphatic heterocycles. The highest BCUT2D eigenvalue weighted by Gasteiger charge is 2.15. The number of benzene rings is 1. The number of esters is 1. The van der Waals surface area contributed by atoms with Crippen molar-refractivity contribution in [3.05, 3.63) is 66.1 Å². The van der Waals surface area contributed by atoms with Crippen LogP contribution in [-0.4, -0.2) is 33.1 Å². The molecule has 0 aliphatic rings. The lowest BCUT2D eigenvalue weighted by Crippen LogP contribution is -2.12. The van der Waals surface area contributed by atoms with Gasteiger partial charge in [-0.25, -0.2) is 9.31 Å². The number of nitrogens with one attached hydrogen (secondary N) is 2. The molecule has 7 nitrogen and oxygen atoms in total. The zero-order valence-electron chi connectivity index (χ0n) is 14.0. The van der Waals surface area contributed by atoms with Crippen LogP contribution in [0.2, 0.25) is 0 Å². The van der Waals surface area contributed by atoms with Gasteiger partial charge in [0.25, 0.3) is 5.91 Å². The van der Waals surface area contributed by atoms with Gasteiger partial charge in [-0.15, -0.1) is 0 Å². The summed E-state index contributed by atoms with van der Waals surface area (Å²) >= 11 is 0. The van der Waals surface area contributed by atoms with Crippen LogP contribution in [0.1, 0.15) is 27.6 Å². The topological polar surface area (TPSA) is 88.5 Å². The first-order valence-electron chi connectivity index (χ1n) is 8.18. The third-order valence-electron chi connectivity index (χ3n) is 4.09. The number of anilines is 1. The van der Waals surface area contributed by atoms with Gasteiger partial charge in [0.1, 0.15) is 5.56 Å². The third kappa shape index (κ3) is 2.79. The molecule has 4 rings (SSSR count). The molecule has 26 heavy (non-hydrogen) atoms. The molecule has 3 aromatic heterocycles. The second-order valence-corrected chi connectivity index (χ2v) is 5.76. The predicted octanol–water partition coefficient (Wildman–Crippen LogP) is 3.24. The maximum Gasteiger partial charge on any atom is 0.341 e. The summed E-state index contributed by atoms with van der Waals surface area (Å²) in [6.45, 7) is 2.03. The van der Waals surface area contributed by atoms with Gasteiger partial charge in [0.05, 0.1) is 18.3 Å². The zero-order valence-corrected chi connectivity index (χ0v) is 14.0. The van der Waals surface area contributed by atoms with Gasteiger partial charge in [-0.2, -0.15) is 5.10 Å². The summed E-state index contributed by atoms with van der Waals surface area (Å²) < 4.78 is 6.60. The summed E-state index contributed by atoms with van der Waals surface area (Å²) in [5.74, 6) is -0.675. The molecule has 0 saturated carbocycles. The van der Waals surface area contributed by atoms with E-state index < -0.39 is 5.97 Å². The quantitative estimate of drug-likeness (QED) is 0.554. The molecule has 0 bridgehead atoms. The van der Waals surface area contributed by atoms with Crippen LogP contribution in [-0.2, 0) is 4.74 Å². The molecule has 0 saturated heterocycles. The number of ether oxygens (including phenoxy) is 1. The van der Waals surface area contributed by atoms with E-state index in [2.05, 4.69) is 15.4 Å². The number of amides is 1. The van der Waals surface area contributed by atoms with Crippen LogP contribution in [0.25, 0.3) is 16.4 Å². The molecule has 0 atom stereocenters. The fourth-order valence-corrected chi connectivity index (χ4v) is 2.82. The lowest BCUT2D eigenvalue weighted by Gasteiger charge is -2.07. The molecule has 0 unspecified atom stereocenters. The molecule has 4 aromatic rings. The van der Waals surface area contributed by atoms with Crippen molar-refractivity contribution >= 4 is 34.0 Å². The lowest BCUT2D eigenvalue weighted by atomic mass is 10.1. The predicted molar refractivity (Wildman–Crippen MR) is 97.4 cm³/mol. The number of carbonyl (C=O) groups is 2. The molecule has 1 amide bonds. The van der Waals surface area contributed by atoms with Gasteiger partial charge in [-0.1, -0.05) is 6.07 Å². The van der Waals surface area contributed by atoms with E-state index in [1.165, 1.54) is 6.20 Å².